The third-order valence-corrected chi connectivity index (χ3v) is 1.91. The van der Waals surface area contributed by atoms with E-state index < -0.39 is 5.97 Å². The van der Waals surface area contributed by atoms with Gasteiger partial charge in [-0.25, -0.2) is 0 Å². The summed E-state index contributed by atoms with van der Waals surface area (Å²) in [5.74, 6) is -0.00421. The van der Waals surface area contributed by atoms with Crippen LogP contribution < -0.4 is 4.74 Å². The highest BCUT2D eigenvalue weighted by Crippen LogP contribution is 2.20. The van der Waals surface area contributed by atoms with Crippen molar-refractivity contribution in [2.24, 2.45) is 0 Å². The topological polar surface area (TPSA) is 72.2 Å². The Bertz CT molecular complexity index is 410. The van der Waals surface area contributed by atoms with Crippen molar-refractivity contribution in [3.63, 3.8) is 0 Å². The minimum Gasteiger partial charge on any atom is -0.495 e. The van der Waals surface area contributed by atoms with E-state index in [1.807, 2.05) is 6.07 Å². The molecule has 0 aromatic carbocycles. The molecule has 0 bridgehead atoms. The van der Waals surface area contributed by atoms with Gasteiger partial charge in [0.2, 0.25) is 0 Å². The van der Waals surface area contributed by atoms with Gasteiger partial charge in [0.15, 0.2) is 0 Å². The first-order chi connectivity index (χ1) is 7.22. The summed E-state index contributed by atoms with van der Waals surface area (Å²) in [6.07, 6.45) is 2.85. The molecular formula is C10H10N2O3. The Morgan fingerprint density at radius 3 is 2.80 bits per heavy atom. The molecule has 1 aromatic heterocycles. The molecular weight excluding hydrogens is 196 g/mol. The van der Waals surface area contributed by atoms with Crippen LogP contribution in [0, 0.1) is 11.3 Å². The third kappa shape index (κ3) is 2.44. The molecule has 0 fully saturated rings. The molecule has 0 saturated carbocycles. The van der Waals surface area contributed by atoms with Crippen LogP contribution in [0.2, 0.25) is 0 Å². The molecule has 0 N–H and O–H groups in total. The summed E-state index contributed by atoms with van der Waals surface area (Å²) in [4.78, 5) is 14.9. The Labute approximate surface area is 87.3 Å². The van der Waals surface area contributed by atoms with Gasteiger partial charge in [-0.3, -0.25) is 9.78 Å². The quantitative estimate of drug-likeness (QED) is 0.680. The monoisotopic (exact) mass is 206 g/mol. The maximum atomic E-state index is 11.1. The van der Waals surface area contributed by atoms with E-state index in [1.54, 1.807) is 0 Å². The normalized spacial score (nSPS) is 9.13. The van der Waals surface area contributed by atoms with Crippen molar-refractivity contribution in [3.8, 4) is 11.8 Å². The van der Waals surface area contributed by atoms with Crippen LogP contribution in [0.4, 0.5) is 0 Å². The zero-order valence-electron chi connectivity index (χ0n) is 8.48. The van der Waals surface area contributed by atoms with Gasteiger partial charge < -0.3 is 9.47 Å². The fourth-order valence-electron chi connectivity index (χ4n) is 1.14. The fraction of sp³-hybridized carbons (Fsp3) is 0.300. The molecule has 1 heterocycles. The summed E-state index contributed by atoms with van der Waals surface area (Å²) >= 11 is 0. The summed E-state index contributed by atoms with van der Waals surface area (Å²) in [5.41, 5.74) is 0.821. The van der Waals surface area contributed by atoms with E-state index in [-0.39, 0.29) is 6.42 Å². The van der Waals surface area contributed by atoms with Crippen LogP contribution in [0.1, 0.15) is 11.1 Å². The molecule has 5 heteroatoms. The SMILES string of the molecule is COC(=O)Cc1c(C#N)cncc1OC. The molecule has 0 aliphatic rings. The van der Waals surface area contributed by atoms with Gasteiger partial charge in [0.1, 0.15) is 11.8 Å². The van der Waals surface area contributed by atoms with E-state index in [0.717, 1.165) is 0 Å². The van der Waals surface area contributed by atoms with E-state index in [4.69, 9.17) is 10.00 Å². The Hall–Kier alpha value is -2.09. The Morgan fingerprint density at radius 2 is 2.27 bits per heavy atom. The first-order valence-electron chi connectivity index (χ1n) is 4.20. The van der Waals surface area contributed by atoms with Gasteiger partial charge in [-0.15, -0.1) is 0 Å². The van der Waals surface area contributed by atoms with Gasteiger partial charge in [0.25, 0.3) is 0 Å². The largest absolute Gasteiger partial charge is 0.495 e. The minimum atomic E-state index is -0.420. The lowest BCUT2D eigenvalue weighted by Crippen LogP contribution is -2.08. The van der Waals surface area contributed by atoms with Gasteiger partial charge in [-0.1, -0.05) is 0 Å². The first kappa shape index (κ1) is 11.0. The molecule has 1 rings (SSSR count). The van der Waals surface area contributed by atoms with E-state index in [1.165, 1.54) is 26.6 Å². The van der Waals surface area contributed by atoms with Crippen LogP contribution in [0.3, 0.4) is 0 Å². The summed E-state index contributed by atoms with van der Waals surface area (Å²) in [5, 5.41) is 8.83. The van der Waals surface area contributed by atoms with Crippen molar-refractivity contribution in [3.05, 3.63) is 23.5 Å². The van der Waals surface area contributed by atoms with Crippen LogP contribution in [-0.2, 0) is 16.0 Å². The second-order valence-corrected chi connectivity index (χ2v) is 2.73. The van der Waals surface area contributed by atoms with Gasteiger partial charge in [0, 0.05) is 11.8 Å². The van der Waals surface area contributed by atoms with Crippen LogP contribution >= 0.6 is 0 Å². The predicted octanol–water partition coefficient (Wildman–Crippen LogP) is 0.677. The highest BCUT2D eigenvalue weighted by atomic mass is 16.5. The molecule has 1 aromatic rings. The number of carbonyl (C=O) groups is 1. The predicted molar refractivity (Wildman–Crippen MR) is 51.2 cm³/mol. The average molecular weight is 206 g/mol. The number of nitrogens with zero attached hydrogens (tertiary/aromatic N) is 2. The minimum absolute atomic E-state index is 0.00505. The molecule has 78 valence electrons. The molecule has 0 unspecified atom stereocenters. The molecule has 0 atom stereocenters. The fourth-order valence-corrected chi connectivity index (χ4v) is 1.14. The third-order valence-electron chi connectivity index (χ3n) is 1.91. The first-order valence-corrected chi connectivity index (χ1v) is 4.20. The summed E-state index contributed by atoms with van der Waals surface area (Å²) in [6, 6.07) is 1.95. The lowest BCUT2D eigenvalue weighted by molar-refractivity contribution is -0.139. The average Bonchev–Trinajstić information content (AvgIpc) is 2.29. The smallest absolute Gasteiger partial charge is 0.310 e. The highest BCUT2D eigenvalue weighted by Gasteiger charge is 2.13. The Kier molecular flexibility index (Phi) is 3.63. The van der Waals surface area contributed by atoms with Crippen molar-refractivity contribution in [2.45, 2.75) is 6.42 Å². The zero-order valence-corrected chi connectivity index (χ0v) is 8.48. The number of hydrogen-bond donors (Lipinski definition) is 0. The maximum absolute atomic E-state index is 11.1. The van der Waals surface area contributed by atoms with Gasteiger partial charge in [-0.2, -0.15) is 5.26 Å². The van der Waals surface area contributed by atoms with Crippen LogP contribution in [0.5, 0.6) is 5.75 Å². The molecule has 5 nitrogen and oxygen atoms in total. The summed E-state index contributed by atoms with van der Waals surface area (Å²) in [6.45, 7) is 0. The van der Waals surface area contributed by atoms with Gasteiger partial charge >= 0.3 is 5.97 Å². The number of nitriles is 1. The number of esters is 1. The molecule has 0 radical (unpaired) electrons. The molecule has 15 heavy (non-hydrogen) atoms. The van der Waals surface area contributed by atoms with Crippen molar-refractivity contribution >= 4 is 5.97 Å². The van der Waals surface area contributed by atoms with Crippen LogP contribution in [0.25, 0.3) is 0 Å². The van der Waals surface area contributed by atoms with Gasteiger partial charge in [-0.05, 0) is 0 Å². The Balaban J connectivity index is 3.12. The maximum Gasteiger partial charge on any atom is 0.310 e. The van der Waals surface area contributed by atoms with E-state index in [9.17, 15) is 4.79 Å². The zero-order chi connectivity index (χ0) is 11.3. The van der Waals surface area contributed by atoms with Crippen LogP contribution in [0.15, 0.2) is 12.4 Å². The van der Waals surface area contributed by atoms with Crippen LogP contribution in [-0.4, -0.2) is 25.2 Å². The molecule has 0 spiro atoms. The van der Waals surface area contributed by atoms with E-state index >= 15 is 0 Å². The second kappa shape index (κ2) is 4.96. The van der Waals surface area contributed by atoms with E-state index in [2.05, 4.69) is 9.72 Å². The van der Waals surface area contributed by atoms with Crippen molar-refractivity contribution < 1.29 is 14.3 Å². The molecule has 0 amide bonds. The van der Waals surface area contributed by atoms with Crippen molar-refractivity contribution in [1.82, 2.24) is 4.98 Å². The highest BCUT2D eigenvalue weighted by molar-refractivity contribution is 5.74. The number of methoxy groups -OCH3 is 2. The number of rotatable bonds is 3. The van der Waals surface area contributed by atoms with Crippen molar-refractivity contribution in [1.29, 1.82) is 5.26 Å². The second-order valence-electron chi connectivity index (χ2n) is 2.73. The molecule has 0 saturated heterocycles. The number of aromatic nitrogens is 1. The summed E-state index contributed by atoms with van der Waals surface area (Å²) in [7, 11) is 2.75. The number of carbonyl (C=O) groups excluding carboxylic acids is 1. The van der Waals surface area contributed by atoms with Crippen molar-refractivity contribution in [2.75, 3.05) is 14.2 Å². The lowest BCUT2D eigenvalue weighted by Gasteiger charge is -2.07. The summed E-state index contributed by atoms with van der Waals surface area (Å²) < 4.78 is 9.54. The number of ether oxygens (including phenoxy) is 2. The number of hydrogen-bond acceptors (Lipinski definition) is 5. The Morgan fingerprint density at radius 1 is 1.53 bits per heavy atom. The van der Waals surface area contributed by atoms with E-state index in [0.29, 0.717) is 16.9 Å². The number of pyridine rings is 1. The molecule has 0 aliphatic carbocycles. The lowest BCUT2D eigenvalue weighted by atomic mass is 10.1. The van der Waals surface area contributed by atoms with Gasteiger partial charge in [0.05, 0.1) is 32.4 Å². The standard InChI is InChI=1S/C10H10N2O3/c1-14-9-6-12-5-7(4-11)8(9)3-10(13)15-2/h5-6H,3H2,1-2H3. The molecule has 0 aliphatic heterocycles.